The monoisotopic (exact) mass is 518 g/mol. The maximum Gasteiger partial charge on any atom is 0.407 e. The lowest BCUT2D eigenvalue weighted by Crippen LogP contribution is -2.66. The fourth-order valence-electron chi connectivity index (χ4n) is 8.22. The molecule has 4 saturated carbocycles. The van der Waals surface area contributed by atoms with E-state index in [0.29, 0.717) is 18.6 Å². The Morgan fingerprint density at radius 1 is 0.892 bits per heavy atom. The maximum atomic E-state index is 13.1. The molecule has 1 saturated heterocycles. The summed E-state index contributed by atoms with van der Waals surface area (Å²) in [6.45, 7) is 8.34. The molecular formula is C31H42N2O3Si. The predicted octanol–water partition coefficient (Wildman–Crippen LogP) is 4.68. The van der Waals surface area contributed by atoms with Crippen molar-refractivity contribution in [2.75, 3.05) is 19.7 Å². The second kappa shape index (κ2) is 9.55. The minimum Gasteiger partial charge on any atom is -0.385 e. The quantitative estimate of drug-likeness (QED) is 0.516. The van der Waals surface area contributed by atoms with Crippen LogP contribution < -0.4 is 15.7 Å². The van der Waals surface area contributed by atoms with Crippen LogP contribution in [0, 0.1) is 23.2 Å². The molecule has 5 aliphatic rings. The van der Waals surface area contributed by atoms with E-state index < -0.39 is 8.56 Å². The van der Waals surface area contributed by atoms with Crippen molar-refractivity contribution in [3.05, 3.63) is 60.7 Å². The molecule has 0 aromatic heterocycles. The molecule has 37 heavy (non-hydrogen) atoms. The Bertz CT molecular complexity index is 1030. The van der Waals surface area contributed by atoms with Gasteiger partial charge in [-0.25, -0.2) is 4.79 Å². The van der Waals surface area contributed by atoms with E-state index in [0.717, 1.165) is 34.7 Å². The van der Waals surface area contributed by atoms with Gasteiger partial charge in [-0.3, -0.25) is 0 Å². The van der Waals surface area contributed by atoms with Gasteiger partial charge in [0, 0.05) is 13.1 Å². The predicted molar refractivity (Wildman–Crippen MR) is 149 cm³/mol. The van der Waals surface area contributed by atoms with Crippen molar-refractivity contribution >= 4 is 25.0 Å². The minimum absolute atomic E-state index is 0.0377. The van der Waals surface area contributed by atoms with Crippen LogP contribution in [0.4, 0.5) is 4.79 Å². The zero-order valence-corrected chi connectivity index (χ0v) is 23.6. The molecule has 5 nitrogen and oxygen atoms in total. The summed E-state index contributed by atoms with van der Waals surface area (Å²) in [6, 6.07) is 20.8. The summed E-state index contributed by atoms with van der Waals surface area (Å²) in [6.07, 6.45) is 8.26. The number of hydrogen-bond donors (Lipinski definition) is 1. The Balaban J connectivity index is 1.20. The molecule has 2 aromatic carbocycles. The summed E-state index contributed by atoms with van der Waals surface area (Å²) in [5, 5.41) is 5.43. The van der Waals surface area contributed by atoms with Gasteiger partial charge in [0.05, 0.1) is 18.2 Å². The highest BCUT2D eigenvalue weighted by atomic mass is 28.4. The molecule has 2 amide bonds. The van der Waals surface area contributed by atoms with Gasteiger partial charge in [-0.15, -0.1) is 0 Å². The molecule has 5 fully saturated rings. The Hall–Kier alpha value is -2.15. The number of rotatable bonds is 8. The van der Waals surface area contributed by atoms with Crippen LogP contribution in [-0.4, -0.2) is 50.8 Å². The normalized spacial score (nSPS) is 31.1. The van der Waals surface area contributed by atoms with E-state index in [-0.39, 0.29) is 17.7 Å². The zero-order chi connectivity index (χ0) is 25.7. The molecule has 1 atom stereocenters. The van der Waals surface area contributed by atoms with Crippen LogP contribution in [0.1, 0.15) is 59.3 Å². The molecule has 0 unspecified atom stereocenters. The second-order valence-electron chi connectivity index (χ2n) is 13.3. The number of amides is 2. The van der Waals surface area contributed by atoms with E-state index in [4.69, 9.17) is 8.85 Å². The van der Waals surface area contributed by atoms with Crippen molar-refractivity contribution in [2.45, 2.75) is 70.9 Å². The van der Waals surface area contributed by atoms with Crippen LogP contribution in [-0.2, 0) is 8.85 Å². The third-order valence-electron chi connectivity index (χ3n) is 8.99. The van der Waals surface area contributed by atoms with Gasteiger partial charge in [-0.1, -0.05) is 60.7 Å². The second-order valence-corrected chi connectivity index (χ2v) is 16.2. The molecule has 0 radical (unpaired) electrons. The van der Waals surface area contributed by atoms with Gasteiger partial charge in [0.25, 0.3) is 0 Å². The van der Waals surface area contributed by atoms with E-state index >= 15 is 0 Å². The topological polar surface area (TPSA) is 50.8 Å². The van der Waals surface area contributed by atoms with Crippen LogP contribution in [0.2, 0.25) is 0 Å². The molecule has 4 aliphatic carbocycles. The van der Waals surface area contributed by atoms with Crippen molar-refractivity contribution in [3.63, 3.8) is 0 Å². The number of carbonyl (C=O) groups is 1. The standard InChI is InChI=1S/C31H42N2O3Si/c1-30(2,3)36-37(27-10-6-4-7-11-27,28-12-8-5-9-13-28)35-21-26-20-33(29(34)32-26)22-31-17-23-14-24(18-31)16-25(15-23)19-31/h4-13,23-26H,14-22H2,1-3H3,(H,32,34)/t23?,24?,25?,26-,31?/m0/s1. The van der Waals surface area contributed by atoms with Gasteiger partial charge in [0.15, 0.2) is 0 Å². The lowest BCUT2D eigenvalue weighted by molar-refractivity contribution is -0.0625. The molecule has 1 N–H and O–H groups in total. The van der Waals surface area contributed by atoms with Gasteiger partial charge in [-0.05, 0) is 92.8 Å². The van der Waals surface area contributed by atoms with Gasteiger partial charge < -0.3 is 19.1 Å². The number of urea groups is 1. The molecular weight excluding hydrogens is 476 g/mol. The summed E-state index contributed by atoms with van der Waals surface area (Å²) in [5.41, 5.74) is -0.0366. The number of hydrogen-bond acceptors (Lipinski definition) is 3. The molecule has 1 aliphatic heterocycles. The van der Waals surface area contributed by atoms with Gasteiger partial charge in [0.2, 0.25) is 0 Å². The highest BCUT2D eigenvalue weighted by Crippen LogP contribution is 2.60. The first-order chi connectivity index (χ1) is 17.7. The number of benzene rings is 2. The number of nitrogens with zero attached hydrogens (tertiary/aromatic N) is 1. The van der Waals surface area contributed by atoms with Crippen molar-refractivity contribution in [1.29, 1.82) is 0 Å². The molecule has 4 bridgehead atoms. The van der Waals surface area contributed by atoms with Crippen LogP contribution in [0.5, 0.6) is 0 Å². The smallest absolute Gasteiger partial charge is 0.385 e. The van der Waals surface area contributed by atoms with Gasteiger partial charge in [0.1, 0.15) is 0 Å². The Morgan fingerprint density at radius 2 is 1.41 bits per heavy atom. The van der Waals surface area contributed by atoms with E-state index in [1.807, 2.05) is 12.1 Å². The summed E-state index contributed by atoms with van der Waals surface area (Å²) < 4.78 is 13.8. The highest BCUT2D eigenvalue weighted by molar-refractivity contribution is 6.92. The summed E-state index contributed by atoms with van der Waals surface area (Å²) in [7, 11) is -3.03. The van der Waals surface area contributed by atoms with Crippen LogP contribution >= 0.6 is 0 Å². The first-order valence-electron chi connectivity index (χ1n) is 14.2. The number of carbonyl (C=O) groups excluding carboxylic acids is 1. The molecule has 1 heterocycles. The minimum atomic E-state index is -3.03. The van der Waals surface area contributed by atoms with Crippen molar-refractivity contribution in [2.24, 2.45) is 23.2 Å². The maximum absolute atomic E-state index is 13.1. The number of nitrogens with one attached hydrogen (secondary N) is 1. The highest BCUT2D eigenvalue weighted by Gasteiger charge is 2.52. The van der Waals surface area contributed by atoms with Crippen LogP contribution in [0.25, 0.3) is 0 Å². The summed E-state index contributed by atoms with van der Waals surface area (Å²) in [4.78, 5) is 15.2. The third-order valence-corrected chi connectivity index (χ3v) is 12.7. The molecule has 7 rings (SSSR count). The average Bonchev–Trinajstić information content (AvgIpc) is 3.19. The van der Waals surface area contributed by atoms with E-state index in [9.17, 15) is 4.79 Å². The average molecular weight is 519 g/mol. The third kappa shape index (κ3) is 5.12. The summed E-state index contributed by atoms with van der Waals surface area (Å²) >= 11 is 0. The zero-order valence-electron chi connectivity index (χ0n) is 22.6. The summed E-state index contributed by atoms with van der Waals surface area (Å²) in [5.74, 6) is 2.69. The van der Waals surface area contributed by atoms with Crippen LogP contribution in [0.15, 0.2) is 60.7 Å². The molecule has 0 spiro atoms. The van der Waals surface area contributed by atoms with Crippen molar-refractivity contribution in [3.8, 4) is 0 Å². The SMILES string of the molecule is CC(C)(C)O[Si](OC[C@@H]1CN(CC23CC4CC(CC(C4)C2)C3)C(=O)N1)(c1ccccc1)c1ccccc1. The fraction of sp³-hybridized carbons (Fsp3) is 0.581. The van der Waals surface area contributed by atoms with E-state index in [1.54, 1.807) is 0 Å². The lowest BCUT2D eigenvalue weighted by atomic mass is 9.49. The fourth-order valence-corrected chi connectivity index (χ4v) is 11.7. The van der Waals surface area contributed by atoms with Crippen LogP contribution in [0.3, 0.4) is 0 Å². The Labute approximate surface area is 223 Å². The van der Waals surface area contributed by atoms with Gasteiger partial charge in [-0.2, -0.15) is 0 Å². The van der Waals surface area contributed by atoms with Crippen molar-refractivity contribution < 1.29 is 13.6 Å². The Kier molecular flexibility index (Phi) is 6.49. The first kappa shape index (κ1) is 25.1. The van der Waals surface area contributed by atoms with Crippen molar-refractivity contribution in [1.82, 2.24) is 10.2 Å². The Morgan fingerprint density at radius 3 is 1.89 bits per heavy atom. The largest absolute Gasteiger partial charge is 0.407 e. The molecule has 2 aromatic rings. The van der Waals surface area contributed by atoms with E-state index in [2.05, 4.69) is 79.5 Å². The molecule has 198 valence electrons. The van der Waals surface area contributed by atoms with E-state index in [1.165, 1.54) is 38.5 Å². The first-order valence-corrected chi connectivity index (χ1v) is 16.0. The molecule has 6 heteroatoms. The lowest BCUT2D eigenvalue weighted by Gasteiger charge is -2.57. The van der Waals surface area contributed by atoms with Gasteiger partial charge >= 0.3 is 14.6 Å².